The molecule has 2 aromatic rings. The fraction of sp³-hybridized carbons (Fsp3) is 0.524. The van der Waals surface area contributed by atoms with Crippen molar-refractivity contribution in [3.05, 3.63) is 47.4 Å². The standard InChI is InChI=1S/C21H26N4O3/c1-15(26)24-10-6-17(7-11-24)21(27)25-12-8-19-18(14-25)23-20(28-19)5-4-16-3-2-9-22-13-16/h2-3,9,13,17H,4-8,10-12,14H2,1H3. The second kappa shape index (κ2) is 8.12. The van der Waals surface area contributed by atoms with E-state index < -0.39 is 0 Å². The Morgan fingerprint density at radius 1 is 1.18 bits per heavy atom. The number of oxazole rings is 1. The van der Waals surface area contributed by atoms with Gasteiger partial charge in [0, 0.05) is 57.7 Å². The lowest BCUT2D eigenvalue weighted by atomic mass is 9.94. The van der Waals surface area contributed by atoms with Crippen LogP contribution < -0.4 is 0 Å². The predicted octanol–water partition coefficient (Wildman–Crippen LogP) is 2.00. The van der Waals surface area contributed by atoms with Gasteiger partial charge in [0.25, 0.3) is 0 Å². The number of rotatable bonds is 4. The summed E-state index contributed by atoms with van der Waals surface area (Å²) < 4.78 is 5.93. The number of pyridine rings is 1. The fourth-order valence-electron chi connectivity index (χ4n) is 4.04. The fourth-order valence-corrected chi connectivity index (χ4v) is 4.04. The van der Waals surface area contributed by atoms with Gasteiger partial charge >= 0.3 is 0 Å². The zero-order valence-corrected chi connectivity index (χ0v) is 16.3. The number of fused-ring (bicyclic) bond motifs is 1. The number of aromatic nitrogens is 2. The van der Waals surface area contributed by atoms with Crippen LogP contribution in [-0.2, 0) is 35.4 Å². The third-order valence-corrected chi connectivity index (χ3v) is 5.72. The average molecular weight is 382 g/mol. The summed E-state index contributed by atoms with van der Waals surface area (Å²) in [4.78, 5) is 36.9. The Bertz CT molecular complexity index is 841. The van der Waals surface area contributed by atoms with Crippen molar-refractivity contribution in [1.82, 2.24) is 19.8 Å². The Morgan fingerprint density at radius 3 is 2.71 bits per heavy atom. The number of amides is 2. The molecule has 4 rings (SSSR count). The first-order valence-electron chi connectivity index (χ1n) is 10.0. The minimum Gasteiger partial charge on any atom is -0.445 e. The summed E-state index contributed by atoms with van der Waals surface area (Å²) in [6, 6.07) is 3.98. The molecule has 2 aromatic heterocycles. The second-order valence-electron chi connectivity index (χ2n) is 7.63. The summed E-state index contributed by atoms with van der Waals surface area (Å²) in [7, 11) is 0. The van der Waals surface area contributed by atoms with Crippen LogP contribution in [0.2, 0.25) is 0 Å². The molecule has 2 aliphatic rings. The number of hydrogen-bond donors (Lipinski definition) is 0. The van der Waals surface area contributed by atoms with Crippen molar-refractivity contribution in [1.29, 1.82) is 0 Å². The highest BCUT2D eigenvalue weighted by Crippen LogP contribution is 2.25. The number of aryl methyl sites for hydroxylation is 2. The number of carbonyl (C=O) groups is 2. The first kappa shape index (κ1) is 18.7. The monoisotopic (exact) mass is 382 g/mol. The van der Waals surface area contributed by atoms with Crippen molar-refractivity contribution in [2.75, 3.05) is 19.6 Å². The molecule has 0 spiro atoms. The van der Waals surface area contributed by atoms with Gasteiger partial charge < -0.3 is 14.2 Å². The van der Waals surface area contributed by atoms with Crippen molar-refractivity contribution >= 4 is 11.8 Å². The van der Waals surface area contributed by atoms with E-state index in [-0.39, 0.29) is 17.7 Å². The molecule has 2 aliphatic heterocycles. The first-order valence-corrected chi connectivity index (χ1v) is 10.0. The normalized spacial score (nSPS) is 17.5. The maximum Gasteiger partial charge on any atom is 0.226 e. The zero-order chi connectivity index (χ0) is 19.5. The molecule has 7 nitrogen and oxygen atoms in total. The van der Waals surface area contributed by atoms with E-state index in [2.05, 4.69) is 9.97 Å². The molecule has 1 saturated heterocycles. The lowest BCUT2D eigenvalue weighted by molar-refractivity contribution is -0.140. The highest BCUT2D eigenvalue weighted by molar-refractivity contribution is 5.80. The number of likely N-dealkylation sites (tertiary alicyclic amines) is 1. The van der Waals surface area contributed by atoms with Gasteiger partial charge in [-0.3, -0.25) is 14.6 Å². The summed E-state index contributed by atoms with van der Waals surface area (Å²) in [5.41, 5.74) is 2.05. The van der Waals surface area contributed by atoms with Gasteiger partial charge in [-0.15, -0.1) is 0 Å². The molecule has 2 amide bonds. The lowest BCUT2D eigenvalue weighted by Gasteiger charge is -2.34. The van der Waals surface area contributed by atoms with Crippen LogP contribution in [0.25, 0.3) is 0 Å². The van der Waals surface area contributed by atoms with Crippen LogP contribution in [0.1, 0.15) is 42.7 Å². The van der Waals surface area contributed by atoms with Crippen molar-refractivity contribution in [2.24, 2.45) is 5.92 Å². The Morgan fingerprint density at radius 2 is 2.00 bits per heavy atom. The third kappa shape index (κ3) is 4.08. The quantitative estimate of drug-likeness (QED) is 0.808. The molecular weight excluding hydrogens is 356 g/mol. The minimum atomic E-state index is 0.00843. The Balaban J connectivity index is 1.34. The van der Waals surface area contributed by atoms with Gasteiger partial charge in [0.2, 0.25) is 11.8 Å². The van der Waals surface area contributed by atoms with E-state index in [0.29, 0.717) is 32.6 Å². The van der Waals surface area contributed by atoms with Gasteiger partial charge in [0.1, 0.15) is 11.5 Å². The molecule has 4 heterocycles. The molecule has 7 heteroatoms. The van der Waals surface area contributed by atoms with Crippen LogP contribution in [0.4, 0.5) is 0 Å². The highest BCUT2D eigenvalue weighted by Gasteiger charge is 2.32. The summed E-state index contributed by atoms with van der Waals surface area (Å²) in [6.45, 7) is 4.14. The Kier molecular flexibility index (Phi) is 5.41. The summed E-state index contributed by atoms with van der Waals surface area (Å²) in [5.74, 6) is 1.94. The molecule has 0 atom stereocenters. The van der Waals surface area contributed by atoms with Gasteiger partial charge in [-0.2, -0.15) is 0 Å². The zero-order valence-electron chi connectivity index (χ0n) is 16.3. The van der Waals surface area contributed by atoms with Crippen molar-refractivity contribution in [3.8, 4) is 0 Å². The highest BCUT2D eigenvalue weighted by atomic mass is 16.4. The summed E-state index contributed by atoms with van der Waals surface area (Å²) in [6.07, 6.45) is 7.41. The van der Waals surface area contributed by atoms with E-state index >= 15 is 0 Å². The van der Waals surface area contributed by atoms with Gasteiger partial charge in [0.15, 0.2) is 5.89 Å². The lowest BCUT2D eigenvalue weighted by Crippen LogP contribution is -2.45. The van der Waals surface area contributed by atoms with Crippen molar-refractivity contribution < 1.29 is 14.0 Å². The number of piperidine rings is 1. The van der Waals surface area contributed by atoms with E-state index in [0.717, 1.165) is 48.6 Å². The molecule has 0 radical (unpaired) electrons. The molecule has 1 fully saturated rings. The smallest absolute Gasteiger partial charge is 0.226 e. The number of nitrogens with zero attached hydrogens (tertiary/aromatic N) is 4. The maximum atomic E-state index is 12.9. The van der Waals surface area contributed by atoms with Crippen LogP contribution >= 0.6 is 0 Å². The van der Waals surface area contributed by atoms with E-state index in [1.165, 1.54) is 0 Å². The molecular formula is C21H26N4O3. The van der Waals surface area contributed by atoms with Crippen molar-refractivity contribution in [3.63, 3.8) is 0 Å². The second-order valence-corrected chi connectivity index (χ2v) is 7.63. The molecule has 0 unspecified atom stereocenters. The van der Waals surface area contributed by atoms with Crippen LogP contribution in [0.3, 0.4) is 0 Å². The van der Waals surface area contributed by atoms with Gasteiger partial charge in [-0.25, -0.2) is 4.98 Å². The molecule has 0 saturated carbocycles. The van der Waals surface area contributed by atoms with E-state index in [1.807, 2.05) is 28.1 Å². The SMILES string of the molecule is CC(=O)N1CCC(C(=O)N2CCc3oc(CCc4cccnc4)nc3C2)CC1. The Labute approximate surface area is 164 Å². The largest absolute Gasteiger partial charge is 0.445 e. The summed E-state index contributed by atoms with van der Waals surface area (Å²) in [5, 5.41) is 0. The molecule has 148 valence electrons. The molecule has 28 heavy (non-hydrogen) atoms. The third-order valence-electron chi connectivity index (χ3n) is 5.72. The topological polar surface area (TPSA) is 79.5 Å². The van der Waals surface area contributed by atoms with Gasteiger partial charge in [-0.05, 0) is 30.9 Å². The van der Waals surface area contributed by atoms with E-state index in [9.17, 15) is 9.59 Å². The average Bonchev–Trinajstić information content (AvgIpc) is 3.14. The number of carbonyl (C=O) groups excluding carboxylic acids is 2. The molecule has 0 aliphatic carbocycles. The molecule has 0 bridgehead atoms. The minimum absolute atomic E-state index is 0.00843. The van der Waals surface area contributed by atoms with Crippen LogP contribution in [-0.4, -0.2) is 51.2 Å². The molecule has 0 N–H and O–H groups in total. The van der Waals surface area contributed by atoms with Crippen LogP contribution in [0, 0.1) is 5.92 Å². The van der Waals surface area contributed by atoms with Crippen molar-refractivity contribution in [2.45, 2.75) is 45.6 Å². The van der Waals surface area contributed by atoms with Gasteiger partial charge in [-0.1, -0.05) is 6.07 Å². The van der Waals surface area contributed by atoms with Crippen LogP contribution in [0.15, 0.2) is 28.9 Å². The number of hydrogen-bond acceptors (Lipinski definition) is 5. The van der Waals surface area contributed by atoms with E-state index in [1.54, 1.807) is 13.1 Å². The maximum absolute atomic E-state index is 12.9. The van der Waals surface area contributed by atoms with E-state index in [4.69, 9.17) is 4.42 Å². The van der Waals surface area contributed by atoms with Gasteiger partial charge in [0.05, 0.1) is 6.54 Å². The summed E-state index contributed by atoms with van der Waals surface area (Å²) >= 11 is 0. The van der Waals surface area contributed by atoms with Crippen LogP contribution in [0.5, 0.6) is 0 Å². The Hall–Kier alpha value is -2.70. The molecule has 0 aromatic carbocycles. The predicted molar refractivity (Wildman–Crippen MR) is 102 cm³/mol. The first-order chi connectivity index (χ1) is 13.6.